The Bertz CT molecular complexity index is 820. The quantitative estimate of drug-likeness (QED) is 0.787. The highest BCUT2D eigenvalue weighted by atomic mass is 19.3. The number of para-hydroxylation sites is 1. The molecular formula is C18H16F2N2O3. The third-order valence-electron chi connectivity index (χ3n) is 3.31. The minimum Gasteiger partial charge on any atom is -0.434 e. The Morgan fingerprint density at radius 2 is 1.92 bits per heavy atom. The van der Waals surface area contributed by atoms with Crippen LogP contribution in [0.1, 0.15) is 21.5 Å². The molecule has 0 aliphatic heterocycles. The summed E-state index contributed by atoms with van der Waals surface area (Å²) in [6, 6.07) is 10.8. The molecule has 0 atom stereocenters. The Balaban J connectivity index is 2.09. The number of primary amides is 1. The van der Waals surface area contributed by atoms with Crippen molar-refractivity contribution in [1.82, 2.24) is 0 Å². The first-order chi connectivity index (χ1) is 11.9. The third kappa shape index (κ3) is 5.13. The van der Waals surface area contributed by atoms with Crippen LogP contribution in [0.5, 0.6) is 5.75 Å². The van der Waals surface area contributed by atoms with Gasteiger partial charge in [-0.25, -0.2) is 0 Å². The topological polar surface area (TPSA) is 81.4 Å². The normalized spacial score (nSPS) is 10.9. The van der Waals surface area contributed by atoms with Crippen LogP contribution in [0.2, 0.25) is 0 Å². The van der Waals surface area contributed by atoms with Crippen LogP contribution in [-0.2, 0) is 4.79 Å². The standard InChI is InChI=1S/C18H16F2N2O3/c1-11-10-13(7-8-14(11)17(21)24)22-16(23)9-6-12-4-2-3-5-15(12)25-18(19)20/h2-10,18H,1H3,(H2,21,24)(H,22,23)/b9-6+. The zero-order valence-electron chi connectivity index (χ0n) is 13.3. The van der Waals surface area contributed by atoms with Crippen LogP contribution < -0.4 is 15.8 Å². The molecule has 0 heterocycles. The van der Waals surface area contributed by atoms with E-state index in [1.807, 2.05) is 0 Å². The first-order valence-electron chi connectivity index (χ1n) is 7.30. The number of nitrogens with one attached hydrogen (secondary N) is 1. The van der Waals surface area contributed by atoms with Crippen molar-refractivity contribution < 1.29 is 23.1 Å². The second-order valence-electron chi connectivity index (χ2n) is 5.13. The van der Waals surface area contributed by atoms with Gasteiger partial charge in [-0.3, -0.25) is 9.59 Å². The van der Waals surface area contributed by atoms with Gasteiger partial charge >= 0.3 is 6.61 Å². The smallest absolute Gasteiger partial charge is 0.387 e. The molecule has 0 fully saturated rings. The lowest BCUT2D eigenvalue weighted by Gasteiger charge is -2.08. The molecule has 0 aromatic heterocycles. The summed E-state index contributed by atoms with van der Waals surface area (Å²) in [7, 11) is 0. The fraction of sp³-hybridized carbons (Fsp3) is 0.111. The van der Waals surface area contributed by atoms with Crippen molar-refractivity contribution in [1.29, 1.82) is 0 Å². The predicted molar refractivity (Wildman–Crippen MR) is 90.4 cm³/mol. The third-order valence-corrected chi connectivity index (χ3v) is 3.31. The molecule has 2 amide bonds. The molecule has 0 bridgehead atoms. The number of anilines is 1. The van der Waals surface area contributed by atoms with E-state index in [-0.39, 0.29) is 5.75 Å². The largest absolute Gasteiger partial charge is 0.434 e. The van der Waals surface area contributed by atoms with Gasteiger partial charge in [0.05, 0.1) is 0 Å². The molecule has 7 heteroatoms. The number of aryl methyl sites for hydroxylation is 1. The van der Waals surface area contributed by atoms with Gasteiger partial charge in [0.2, 0.25) is 11.8 Å². The van der Waals surface area contributed by atoms with E-state index in [0.717, 1.165) is 0 Å². The van der Waals surface area contributed by atoms with Gasteiger partial charge in [0.15, 0.2) is 0 Å². The fourth-order valence-corrected chi connectivity index (χ4v) is 2.19. The number of ether oxygens (including phenoxy) is 1. The molecule has 3 N–H and O–H groups in total. The summed E-state index contributed by atoms with van der Waals surface area (Å²) in [4.78, 5) is 23.2. The van der Waals surface area contributed by atoms with Crippen LogP contribution in [0, 0.1) is 6.92 Å². The zero-order chi connectivity index (χ0) is 18.4. The molecule has 0 radical (unpaired) electrons. The summed E-state index contributed by atoms with van der Waals surface area (Å²) in [5.41, 5.74) is 7.05. The molecule has 0 saturated heterocycles. The molecule has 2 aromatic carbocycles. The second kappa shape index (κ2) is 8.05. The number of nitrogens with two attached hydrogens (primary N) is 1. The highest BCUT2D eigenvalue weighted by Crippen LogP contribution is 2.21. The van der Waals surface area contributed by atoms with Crippen molar-refractivity contribution in [2.45, 2.75) is 13.5 Å². The minimum absolute atomic E-state index is 0.0248. The van der Waals surface area contributed by atoms with Gasteiger partial charge < -0.3 is 15.8 Å². The van der Waals surface area contributed by atoms with E-state index in [1.54, 1.807) is 37.3 Å². The van der Waals surface area contributed by atoms with E-state index in [0.29, 0.717) is 22.4 Å². The van der Waals surface area contributed by atoms with Crippen molar-refractivity contribution in [3.63, 3.8) is 0 Å². The molecule has 0 spiro atoms. The van der Waals surface area contributed by atoms with E-state index in [9.17, 15) is 18.4 Å². The summed E-state index contributed by atoms with van der Waals surface area (Å²) in [6.07, 6.45) is 2.57. The van der Waals surface area contributed by atoms with E-state index < -0.39 is 18.4 Å². The molecule has 0 aliphatic rings. The van der Waals surface area contributed by atoms with Gasteiger partial charge in [0.1, 0.15) is 5.75 Å². The SMILES string of the molecule is Cc1cc(NC(=O)/C=C/c2ccccc2OC(F)F)ccc1C(N)=O. The average molecular weight is 346 g/mol. The molecule has 5 nitrogen and oxygen atoms in total. The number of carbonyl (C=O) groups is 2. The maximum atomic E-state index is 12.4. The molecule has 0 saturated carbocycles. The zero-order valence-corrected chi connectivity index (χ0v) is 13.3. The molecule has 0 unspecified atom stereocenters. The van der Waals surface area contributed by atoms with Gasteiger partial charge in [-0.1, -0.05) is 18.2 Å². The number of carbonyl (C=O) groups excluding carboxylic acids is 2. The Hall–Kier alpha value is -3.22. The van der Waals surface area contributed by atoms with E-state index in [4.69, 9.17) is 5.73 Å². The summed E-state index contributed by atoms with van der Waals surface area (Å²) in [6.45, 7) is -1.25. The first-order valence-corrected chi connectivity index (χ1v) is 7.30. The van der Waals surface area contributed by atoms with Crippen molar-refractivity contribution >= 4 is 23.6 Å². The Labute approximate surface area is 143 Å². The van der Waals surface area contributed by atoms with Gasteiger partial charge in [-0.2, -0.15) is 8.78 Å². The fourth-order valence-electron chi connectivity index (χ4n) is 2.19. The maximum Gasteiger partial charge on any atom is 0.387 e. The molecule has 0 aliphatic carbocycles. The van der Waals surface area contributed by atoms with Crippen LogP contribution in [0.15, 0.2) is 48.5 Å². The van der Waals surface area contributed by atoms with Gasteiger partial charge in [0.25, 0.3) is 0 Å². The van der Waals surface area contributed by atoms with Gasteiger partial charge in [0, 0.05) is 22.9 Å². The van der Waals surface area contributed by atoms with E-state index in [2.05, 4.69) is 10.1 Å². The van der Waals surface area contributed by atoms with Crippen molar-refractivity contribution in [3.8, 4) is 5.75 Å². The Morgan fingerprint density at radius 1 is 1.20 bits per heavy atom. The number of alkyl halides is 2. The lowest BCUT2D eigenvalue weighted by atomic mass is 10.1. The van der Waals surface area contributed by atoms with Gasteiger partial charge in [-0.05, 0) is 42.8 Å². The molecule has 25 heavy (non-hydrogen) atoms. The van der Waals surface area contributed by atoms with Gasteiger partial charge in [-0.15, -0.1) is 0 Å². The number of hydrogen-bond donors (Lipinski definition) is 2. The second-order valence-corrected chi connectivity index (χ2v) is 5.13. The molecule has 130 valence electrons. The number of hydrogen-bond acceptors (Lipinski definition) is 3. The highest BCUT2D eigenvalue weighted by Gasteiger charge is 2.08. The summed E-state index contributed by atoms with van der Waals surface area (Å²) in [5.74, 6) is -1.04. The summed E-state index contributed by atoms with van der Waals surface area (Å²) in [5, 5.41) is 2.61. The number of halogens is 2. The van der Waals surface area contributed by atoms with Crippen LogP contribution in [0.3, 0.4) is 0 Å². The van der Waals surface area contributed by atoms with E-state index >= 15 is 0 Å². The minimum atomic E-state index is -2.95. The van der Waals surface area contributed by atoms with Crippen LogP contribution in [0.25, 0.3) is 6.08 Å². The Kier molecular flexibility index (Phi) is 5.84. The number of benzene rings is 2. The molecular weight excluding hydrogens is 330 g/mol. The van der Waals surface area contributed by atoms with Crippen molar-refractivity contribution in [2.24, 2.45) is 5.73 Å². The number of amides is 2. The van der Waals surface area contributed by atoms with Crippen LogP contribution in [0.4, 0.5) is 14.5 Å². The first kappa shape index (κ1) is 18.1. The maximum absolute atomic E-state index is 12.4. The molecule has 2 aromatic rings. The lowest BCUT2D eigenvalue weighted by Crippen LogP contribution is -2.13. The number of rotatable bonds is 6. The average Bonchev–Trinajstić information content (AvgIpc) is 2.53. The van der Waals surface area contributed by atoms with Crippen LogP contribution in [-0.4, -0.2) is 18.4 Å². The summed E-state index contributed by atoms with van der Waals surface area (Å²) < 4.78 is 29.1. The van der Waals surface area contributed by atoms with Crippen LogP contribution >= 0.6 is 0 Å². The monoisotopic (exact) mass is 346 g/mol. The summed E-state index contributed by atoms with van der Waals surface area (Å²) >= 11 is 0. The predicted octanol–water partition coefficient (Wildman–Crippen LogP) is 3.35. The lowest BCUT2D eigenvalue weighted by molar-refractivity contribution is -0.111. The van der Waals surface area contributed by atoms with Crippen molar-refractivity contribution in [2.75, 3.05) is 5.32 Å². The Morgan fingerprint density at radius 3 is 2.56 bits per heavy atom. The molecule has 2 rings (SSSR count). The highest BCUT2D eigenvalue weighted by molar-refractivity contribution is 6.02. The van der Waals surface area contributed by atoms with E-state index in [1.165, 1.54) is 24.3 Å². The van der Waals surface area contributed by atoms with Crippen molar-refractivity contribution in [3.05, 3.63) is 65.2 Å².